The average Bonchev–Trinajstić information content (AvgIpc) is 2.97. The summed E-state index contributed by atoms with van der Waals surface area (Å²) in [7, 11) is 0. The molecule has 0 N–H and O–H groups in total. The first kappa shape index (κ1) is 16.1. The van der Waals surface area contributed by atoms with E-state index in [0.717, 1.165) is 27.6 Å². The highest BCUT2D eigenvalue weighted by atomic mass is 79.9. The molecular formula is C19H17BrN2S. The predicted molar refractivity (Wildman–Crippen MR) is 102 cm³/mol. The Morgan fingerprint density at radius 3 is 2.52 bits per heavy atom. The molecular weight excluding hydrogens is 368 g/mol. The zero-order chi connectivity index (χ0) is 16.1. The maximum atomic E-state index is 4.62. The number of hydrogen-bond donors (Lipinski definition) is 0. The third kappa shape index (κ3) is 3.95. The molecule has 0 aliphatic carbocycles. The van der Waals surface area contributed by atoms with Gasteiger partial charge in [-0.15, -0.1) is 6.58 Å². The third-order valence-corrected chi connectivity index (χ3v) is 4.99. The molecule has 1 aromatic heterocycles. The molecule has 0 aliphatic rings. The van der Waals surface area contributed by atoms with E-state index < -0.39 is 0 Å². The van der Waals surface area contributed by atoms with E-state index in [1.807, 2.05) is 18.3 Å². The van der Waals surface area contributed by atoms with Crippen molar-refractivity contribution in [2.75, 3.05) is 5.75 Å². The van der Waals surface area contributed by atoms with Crippen LogP contribution in [0.3, 0.4) is 0 Å². The Morgan fingerprint density at radius 2 is 1.83 bits per heavy atom. The van der Waals surface area contributed by atoms with Crippen molar-refractivity contribution < 1.29 is 0 Å². The van der Waals surface area contributed by atoms with Crippen LogP contribution in [-0.2, 0) is 6.54 Å². The van der Waals surface area contributed by atoms with E-state index in [-0.39, 0.29) is 0 Å². The Hall–Kier alpha value is -1.78. The summed E-state index contributed by atoms with van der Waals surface area (Å²) in [4.78, 5) is 4.62. The maximum absolute atomic E-state index is 4.62. The number of thioether (sulfide) groups is 1. The zero-order valence-electron chi connectivity index (χ0n) is 12.7. The lowest BCUT2D eigenvalue weighted by Gasteiger charge is -2.12. The second-order valence-electron chi connectivity index (χ2n) is 5.10. The Labute approximate surface area is 149 Å². The van der Waals surface area contributed by atoms with Crippen LogP contribution in [0.5, 0.6) is 0 Å². The van der Waals surface area contributed by atoms with Crippen molar-refractivity contribution in [1.29, 1.82) is 0 Å². The van der Waals surface area contributed by atoms with Crippen LogP contribution in [0.2, 0.25) is 0 Å². The lowest BCUT2D eigenvalue weighted by molar-refractivity contribution is 0.716. The van der Waals surface area contributed by atoms with Gasteiger partial charge in [-0.3, -0.25) is 0 Å². The van der Waals surface area contributed by atoms with Crippen molar-refractivity contribution in [3.63, 3.8) is 0 Å². The monoisotopic (exact) mass is 384 g/mol. The lowest BCUT2D eigenvalue weighted by atomic mass is 10.1. The molecule has 0 radical (unpaired) electrons. The van der Waals surface area contributed by atoms with Crippen molar-refractivity contribution in [3.8, 4) is 11.3 Å². The molecule has 23 heavy (non-hydrogen) atoms. The topological polar surface area (TPSA) is 17.8 Å². The summed E-state index contributed by atoms with van der Waals surface area (Å²) in [6.07, 6.45) is 3.86. The summed E-state index contributed by atoms with van der Waals surface area (Å²) >= 11 is 5.20. The van der Waals surface area contributed by atoms with Gasteiger partial charge in [0.15, 0.2) is 5.16 Å². The molecule has 3 rings (SSSR count). The fourth-order valence-corrected chi connectivity index (χ4v) is 3.35. The number of aromatic nitrogens is 2. The molecule has 2 aromatic carbocycles. The van der Waals surface area contributed by atoms with E-state index in [4.69, 9.17) is 0 Å². The molecule has 0 amide bonds. The smallest absolute Gasteiger partial charge is 0.169 e. The zero-order valence-corrected chi connectivity index (χ0v) is 15.1. The van der Waals surface area contributed by atoms with Gasteiger partial charge in [-0.25, -0.2) is 4.98 Å². The average molecular weight is 385 g/mol. The maximum Gasteiger partial charge on any atom is 0.169 e. The van der Waals surface area contributed by atoms with Crippen LogP contribution in [0, 0.1) is 0 Å². The fourth-order valence-electron chi connectivity index (χ4n) is 2.38. The summed E-state index contributed by atoms with van der Waals surface area (Å²) in [5.41, 5.74) is 3.57. The molecule has 0 fully saturated rings. The van der Waals surface area contributed by atoms with E-state index in [1.165, 1.54) is 11.1 Å². The molecule has 0 saturated heterocycles. The van der Waals surface area contributed by atoms with Crippen LogP contribution in [0.25, 0.3) is 11.3 Å². The van der Waals surface area contributed by atoms with Gasteiger partial charge >= 0.3 is 0 Å². The van der Waals surface area contributed by atoms with E-state index in [2.05, 4.69) is 80.6 Å². The molecule has 0 aliphatic heterocycles. The van der Waals surface area contributed by atoms with Gasteiger partial charge in [0.25, 0.3) is 0 Å². The van der Waals surface area contributed by atoms with E-state index in [9.17, 15) is 0 Å². The second-order valence-corrected chi connectivity index (χ2v) is 7.01. The summed E-state index contributed by atoms with van der Waals surface area (Å²) < 4.78 is 3.35. The molecule has 0 unspecified atom stereocenters. The van der Waals surface area contributed by atoms with Crippen molar-refractivity contribution in [3.05, 3.63) is 83.5 Å². The first-order valence-corrected chi connectivity index (χ1v) is 9.15. The van der Waals surface area contributed by atoms with Crippen LogP contribution in [0.15, 0.2) is 83.1 Å². The lowest BCUT2D eigenvalue weighted by Crippen LogP contribution is -2.03. The van der Waals surface area contributed by atoms with Crippen LogP contribution in [-0.4, -0.2) is 15.3 Å². The number of rotatable bonds is 6. The Bertz CT molecular complexity index is 779. The number of nitrogens with zero attached hydrogens (tertiary/aromatic N) is 2. The minimum Gasteiger partial charge on any atom is -0.314 e. The standard InChI is InChI=1S/C19H17BrN2S/c1-2-12-23-19-21-13-18(16-8-10-17(20)11-9-16)22(19)14-15-6-4-3-5-7-15/h2-11,13H,1,12,14H2. The van der Waals surface area contributed by atoms with Crippen molar-refractivity contribution in [2.45, 2.75) is 11.7 Å². The molecule has 1 heterocycles. The van der Waals surface area contributed by atoms with Gasteiger partial charge < -0.3 is 4.57 Å². The summed E-state index contributed by atoms with van der Waals surface area (Å²) in [5, 5.41) is 1.02. The number of benzene rings is 2. The summed E-state index contributed by atoms with van der Waals surface area (Å²) in [6.45, 7) is 4.61. The SMILES string of the molecule is C=CCSc1ncc(-c2ccc(Br)cc2)n1Cc1ccccc1. The Morgan fingerprint density at radius 1 is 1.09 bits per heavy atom. The molecule has 4 heteroatoms. The molecule has 0 saturated carbocycles. The number of halogens is 1. The first-order valence-electron chi connectivity index (χ1n) is 7.37. The van der Waals surface area contributed by atoms with E-state index in [1.54, 1.807) is 11.8 Å². The minimum absolute atomic E-state index is 0.811. The van der Waals surface area contributed by atoms with Gasteiger partial charge in [0, 0.05) is 10.2 Å². The van der Waals surface area contributed by atoms with E-state index >= 15 is 0 Å². The molecule has 3 aromatic rings. The highest BCUT2D eigenvalue weighted by Gasteiger charge is 2.12. The van der Waals surface area contributed by atoms with Crippen molar-refractivity contribution in [1.82, 2.24) is 9.55 Å². The van der Waals surface area contributed by atoms with Crippen LogP contribution in [0.4, 0.5) is 0 Å². The normalized spacial score (nSPS) is 10.7. The van der Waals surface area contributed by atoms with E-state index in [0.29, 0.717) is 0 Å². The van der Waals surface area contributed by atoms with Crippen molar-refractivity contribution in [2.24, 2.45) is 0 Å². The third-order valence-electron chi connectivity index (χ3n) is 3.47. The van der Waals surface area contributed by atoms with Gasteiger partial charge in [0.05, 0.1) is 18.4 Å². The van der Waals surface area contributed by atoms with Gasteiger partial charge in [-0.1, -0.05) is 76.2 Å². The molecule has 0 spiro atoms. The summed E-state index contributed by atoms with van der Waals surface area (Å²) in [6, 6.07) is 18.8. The van der Waals surface area contributed by atoms with Crippen molar-refractivity contribution >= 4 is 27.7 Å². The summed E-state index contributed by atoms with van der Waals surface area (Å²) in [5.74, 6) is 0.853. The van der Waals surface area contributed by atoms with Crippen LogP contribution >= 0.6 is 27.7 Å². The highest BCUT2D eigenvalue weighted by Crippen LogP contribution is 2.28. The van der Waals surface area contributed by atoms with Crippen LogP contribution in [0.1, 0.15) is 5.56 Å². The molecule has 0 atom stereocenters. The van der Waals surface area contributed by atoms with Gasteiger partial charge in [0.2, 0.25) is 0 Å². The number of imidazole rings is 1. The largest absolute Gasteiger partial charge is 0.314 e. The quantitative estimate of drug-likeness (QED) is 0.404. The van der Waals surface area contributed by atoms with Gasteiger partial charge in [-0.05, 0) is 23.3 Å². The Balaban J connectivity index is 2.00. The first-order chi connectivity index (χ1) is 11.3. The fraction of sp³-hybridized carbons (Fsp3) is 0.105. The highest BCUT2D eigenvalue weighted by molar-refractivity contribution is 9.10. The minimum atomic E-state index is 0.811. The molecule has 2 nitrogen and oxygen atoms in total. The number of hydrogen-bond acceptors (Lipinski definition) is 2. The Kier molecular flexibility index (Phi) is 5.36. The second kappa shape index (κ2) is 7.66. The predicted octanol–water partition coefficient (Wildman–Crippen LogP) is 5.64. The van der Waals surface area contributed by atoms with Crippen LogP contribution < -0.4 is 0 Å². The molecule has 116 valence electrons. The van der Waals surface area contributed by atoms with Gasteiger partial charge in [-0.2, -0.15) is 0 Å². The van der Waals surface area contributed by atoms with Gasteiger partial charge in [0.1, 0.15) is 0 Å². The molecule has 0 bridgehead atoms.